The average molecular weight is 198 g/mol. The molecule has 2 rings (SSSR count). The Balaban J connectivity index is 2.29. The van der Waals surface area contributed by atoms with E-state index in [0.29, 0.717) is 24.0 Å². The van der Waals surface area contributed by atoms with E-state index in [2.05, 4.69) is 0 Å². The molecule has 1 aliphatic carbocycles. The van der Waals surface area contributed by atoms with Crippen LogP contribution in [0.15, 0.2) is 24.3 Å². The van der Waals surface area contributed by atoms with E-state index in [1.807, 2.05) is 0 Å². The van der Waals surface area contributed by atoms with Gasteiger partial charge in [-0.1, -0.05) is 24.3 Å². The van der Waals surface area contributed by atoms with Crippen LogP contribution in [0, 0.1) is 0 Å². The lowest BCUT2D eigenvalue weighted by molar-refractivity contribution is 0.138. The maximum absolute atomic E-state index is 12.2. The SMILES string of the molecule is OC1(c2ccccc2CC(F)F)CC1. The van der Waals surface area contributed by atoms with Crippen LogP contribution in [0.1, 0.15) is 24.0 Å². The first-order chi connectivity index (χ1) is 6.62. The number of hydrogen-bond donors (Lipinski definition) is 1. The van der Waals surface area contributed by atoms with E-state index < -0.39 is 12.0 Å². The monoisotopic (exact) mass is 198 g/mol. The molecular weight excluding hydrogens is 186 g/mol. The first kappa shape index (κ1) is 9.59. The first-order valence-corrected chi connectivity index (χ1v) is 4.71. The summed E-state index contributed by atoms with van der Waals surface area (Å²) < 4.78 is 24.5. The van der Waals surface area contributed by atoms with E-state index in [9.17, 15) is 13.9 Å². The van der Waals surface area contributed by atoms with Crippen molar-refractivity contribution in [3.8, 4) is 0 Å². The molecule has 1 N–H and O–H groups in total. The summed E-state index contributed by atoms with van der Waals surface area (Å²) in [5, 5.41) is 9.85. The Hall–Kier alpha value is -0.960. The number of aliphatic hydroxyl groups is 1. The third kappa shape index (κ3) is 1.77. The Bertz CT molecular complexity index is 332. The van der Waals surface area contributed by atoms with Crippen LogP contribution in [0.2, 0.25) is 0 Å². The number of halogens is 2. The predicted molar refractivity (Wildman–Crippen MR) is 49.3 cm³/mol. The molecule has 1 saturated carbocycles. The molecule has 0 atom stereocenters. The summed E-state index contributed by atoms with van der Waals surface area (Å²) in [7, 11) is 0. The van der Waals surface area contributed by atoms with Gasteiger partial charge in [0.15, 0.2) is 0 Å². The first-order valence-electron chi connectivity index (χ1n) is 4.71. The van der Waals surface area contributed by atoms with Gasteiger partial charge >= 0.3 is 0 Å². The molecule has 1 aromatic rings. The molecule has 0 bridgehead atoms. The van der Waals surface area contributed by atoms with E-state index in [-0.39, 0.29) is 6.42 Å². The standard InChI is InChI=1S/C11H12F2O/c12-10(13)7-8-3-1-2-4-9(8)11(14)5-6-11/h1-4,10,14H,5-7H2. The topological polar surface area (TPSA) is 20.2 Å². The average Bonchev–Trinajstić information content (AvgIpc) is 2.84. The van der Waals surface area contributed by atoms with Gasteiger partial charge in [-0.2, -0.15) is 0 Å². The summed E-state index contributed by atoms with van der Waals surface area (Å²) in [6.45, 7) is 0. The van der Waals surface area contributed by atoms with E-state index in [1.54, 1.807) is 24.3 Å². The van der Waals surface area contributed by atoms with Crippen molar-refractivity contribution in [1.82, 2.24) is 0 Å². The second kappa shape index (κ2) is 3.31. The normalized spacial score (nSPS) is 18.6. The third-order valence-electron chi connectivity index (χ3n) is 2.62. The van der Waals surface area contributed by atoms with Gasteiger partial charge in [0, 0.05) is 6.42 Å². The van der Waals surface area contributed by atoms with Crippen molar-refractivity contribution >= 4 is 0 Å². The highest BCUT2D eigenvalue weighted by Crippen LogP contribution is 2.46. The number of hydrogen-bond acceptors (Lipinski definition) is 1. The summed E-state index contributed by atoms with van der Waals surface area (Å²) >= 11 is 0. The fraction of sp³-hybridized carbons (Fsp3) is 0.455. The molecule has 0 spiro atoms. The van der Waals surface area contributed by atoms with Crippen molar-refractivity contribution < 1.29 is 13.9 Å². The van der Waals surface area contributed by atoms with Gasteiger partial charge in [-0.3, -0.25) is 0 Å². The van der Waals surface area contributed by atoms with Gasteiger partial charge < -0.3 is 5.11 Å². The van der Waals surface area contributed by atoms with Gasteiger partial charge in [0.05, 0.1) is 5.60 Å². The summed E-state index contributed by atoms with van der Waals surface area (Å²) in [5.41, 5.74) is 0.439. The van der Waals surface area contributed by atoms with Crippen LogP contribution in [0.3, 0.4) is 0 Å². The van der Waals surface area contributed by atoms with Crippen LogP contribution in [0.5, 0.6) is 0 Å². The molecule has 0 unspecified atom stereocenters. The zero-order valence-corrected chi connectivity index (χ0v) is 7.71. The molecule has 0 aliphatic heterocycles. The Labute approximate surface area is 81.4 Å². The number of alkyl halides is 2. The molecule has 1 aromatic carbocycles. The molecule has 0 saturated heterocycles. The lowest BCUT2D eigenvalue weighted by Crippen LogP contribution is -2.10. The van der Waals surface area contributed by atoms with Crippen molar-refractivity contribution in [3.63, 3.8) is 0 Å². The molecule has 0 heterocycles. The smallest absolute Gasteiger partial charge is 0.242 e. The zero-order valence-electron chi connectivity index (χ0n) is 7.71. The quantitative estimate of drug-likeness (QED) is 0.791. The Morgan fingerprint density at radius 3 is 2.50 bits per heavy atom. The molecule has 0 radical (unpaired) electrons. The van der Waals surface area contributed by atoms with E-state index in [0.717, 1.165) is 0 Å². The highest BCUT2D eigenvalue weighted by Gasteiger charge is 2.43. The van der Waals surface area contributed by atoms with Gasteiger partial charge in [0.25, 0.3) is 0 Å². The van der Waals surface area contributed by atoms with E-state index in [1.165, 1.54) is 0 Å². The lowest BCUT2D eigenvalue weighted by atomic mass is 9.98. The van der Waals surface area contributed by atoms with Crippen molar-refractivity contribution in [1.29, 1.82) is 0 Å². The largest absolute Gasteiger partial charge is 0.385 e. The number of benzene rings is 1. The molecule has 1 aliphatic rings. The predicted octanol–water partition coefficient (Wildman–Crippen LogP) is 2.48. The van der Waals surface area contributed by atoms with Gasteiger partial charge in [-0.15, -0.1) is 0 Å². The molecule has 0 aromatic heterocycles. The minimum atomic E-state index is -2.35. The minimum absolute atomic E-state index is 0.265. The van der Waals surface area contributed by atoms with Crippen LogP contribution < -0.4 is 0 Å². The summed E-state index contributed by atoms with van der Waals surface area (Å²) in [6.07, 6.45) is -1.24. The lowest BCUT2D eigenvalue weighted by Gasteiger charge is -2.13. The Morgan fingerprint density at radius 1 is 1.29 bits per heavy atom. The summed E-state index contributed by atoms with van der Waals surface area (Å²) in [5.74, 6) is 0. The summed E-state index contributed by atoms with van der Waals surface area (Å²) in [4.78, 5) is 0. The van der Waals surface area contributed by atoms with Crippen LogP contribution in [0.4, 0.5) is 8.78 Å². The maximum atomic E-state index is 12.2. The molecule has 3 heteroatoms. The van der Waals surface area contributed by atoms with Crippen LogP contribution >= 0.6 is 0 Å². The maximum Gasteiger partial charge on any atom is 0.242 e. The van der Waals surface area contributed by atoms with Crippen molar-refractivity contribution in [3.05, 3.63) is 35.4 Å². The third-order valence-corrected chi connectivity index (χ3v) is 2.62. The van der Waals surface area contributed by atoms with Gasteiger partial charge in [-0.05, 0) is 24.0 Å². The van der Waals surface area contributed by atoms with Crippen LogP contribution in [-0.4, -0.2) is 11.5 Å². The van der Waals surface area contributed by atoms with E-state index >= 15 is 0 Å². The summed E-state index contributed by atoms with van der Waals surface area (Å²) in [6, 6.07) is 6.91. The highest BCUT2D eigenvalue weighted by atomic mass is 19.3. The molecule has 1 nitrogen and oxygen atoms in total. The number of rotatable bonds is 3. The molecule has 14 heavy (non-hydrogen) atoms. The van der Waals surface area contributed by atoms with Gasteiger partial charge in [-0.25, -0.2) is 8.78 Å². The second-order valence-corrected chi connectivity index (χ2v) is 3.78. The molecular formula is C11H12F2O. The van der Waals surface area contributed by atoms with Crippen molar-refractivity contribution in [2.45, 2.75) is 31.3 Å². The molecule has 76 valence electrons. The molecule has 0 amide bonds. The van der Waals surface area contributed by atoms with E-state index in [4.69, 9.17) is 0 Å². The Kier molecular flexibility index (Phi) is 2.27. The van der Waals surface area contributed by atoms with Gasteiger partial charge in [0.1, 0.15) is 0 Å². The highest BCUT2D eigenvalue weighted by molar-refractivity contribution is 5.36. The minimum Gasteiger partial charge on any atom is -0.385 e. The molecule has 1 fully saturated rings. The fourth-order valence-corrected chi connectivity index (χ4v) is 1.71. The Morgan fingerprint density at radius 2 is 1.93 bits per heavy atom. The van der Waals surface area contributed by atoms with Crippen molar-refractivity contribution in [2.75, 3.05) is 0 Å². The van der Waals surface area contributed by atoms with Gasteiger partial charge in [0.2, 0.25) is 6.43 Å². The van der Waals surface area contributed by atoms with Crippen molar-refractivity contribution in [2.24, 2.45) is 0 Å². The zero-order chi connectivity index (χ0) is 10.2. The van der Waals surface area contributed by atoms with Crippen LogP contribution in [-0.2, 0) is 12.0 Å². The second-order valence-electron chi connectivity index (χ2n) is 3.78. The van der Waals surface area contributed by atoms with Crippen LogP contribution in [0.25, 0.3) is 0 Å². The fourth-order valence-electron chi connectivity index (χ4n) is 1.71.